The van der Waals surface area contributed by atoms with Crippen LogP contribution < -0.4 is 10.6 Å². The molecule has 1 heterocycles. The van der Waals surface area contributed by atoms with Gasteiger partial charge in [-0.05, 0) is 119 Å². The van der Waals surface area contributed by atoms with Crippen LogP contribution in [0.25, 0.3) is 0 Å². The lowest BCUT2D eigenvalue weighted by atomic mass is 9.46. The number of amides is 2. The number of hydrogen-bond donors (Lipinski definition) is 4. The molecular formula is C38H57N3O7. The van der Waals surface area contributed by atoms with Crippen molar-refractivity contribution >= 4 is 23.5 Å². The smallest absolute Gasteiger partial charge is 0.305 e. The first-order chi connectivity index (χ1) is 22.5. The van der Waals surface area contributed by atoms with Crippen molar-refractivity contribution in [1.82, 2.24) is 10.6 Å². The third kappa shape index (κ3) is 7.05. The van der Waals surface area contributed by atoms with Crippen LogP contribution in [0.5, 0.6) is 0 Å². The van der Waals surface area contributed by atoms with E-state index in [2.05, 4.69) is 41.6 Å². The lowest BCUT2D eigenvalue weighted by Gasteiger charge is -2.58. The molecule has 4 fully saturated rings. The number of aliphatic carboxylic acids is 1. The zero-order valence-electron chi connectivity index (χ0n) is 29.8. The van der Waals surface area contributed by atoms with E-state index in [1.54, 1.807) is 0 Å². The molecule has 0 unspecified atom stereocenters. The number of carboxylic acid groups (broad SMARTS) is 1. The monoisotopic (exact) mass is 667 g/mol. The fourth-order valence-corrected chi connectivity index (χ4v) is 10.2. The Kier molecular flexibility index (Phi) is 10.4. The fraction of sp³-hybridized carbons (Fsp3) is 0.789. The lowest BCUT2D eigenvalue weighted by Crippen LogP contribution is -2.55. The zero-order valence-corrected chi connectivity index (χ0v) is 29.8. The Morgan fingerprint density at radius 2 is 1.79 bits per heavy atom. The van der Waals surface area contributed by atoms with Crippen LogP contribution in [0.3, 0.4) is 0 Å². The molecule has 3 saturated carbocycles. The molecule has 10 heteroatoms. The second-order valence-corrected chi connectivity index (χ2v) is 16.7. The largest absolute Gasteiger partial charge is 0.481 e. The van der Waals surface area contributed by atoms with Gasteiger partial charge in [-0.2, -0.15) is 0 Å². The Morgan fingerprint density at radius 1 is 1.06 bits per heavy atom. The van der Waals surface area contributed by atoms with Gasteiger partial charge in [0.05, 0.1) is 17.7 Å². The first-order valence-electron chi connectivity index (χ1n) is 18.1. The highest BCUT2D eigenvalue weighted by molar-refractivity contribution is 5.96. The van der Waals surface area contributed by atoms with Gasteiger partial charge in [-0.15, -0.1) is 6.42 Å². The van der Waals surface area contributed by atoms with Crippen LogP contribution in [0.4, 0.5) is 0 Å². The summed E-state index contributed by atoms with van der Waals surface area (Å²) in [5.41, 5.74) is 0.689. The Labute approximate surface area is 286 Å². The molecule has 0 aromatic carbocycles. The second kappa shape index (κ2) is 13.8. The van der Waals surface area contributed by atoms with E-state index >= 15 is 0 Å². The third-order valence-corrected chi connectivity index (χ3v) is 13.0. The van der Waals surface area contributed by atoms with Gasteiger partial charge in [-0.3, -0.25) is 14.4 Å². The average Bonchev–Trinajstić information content (AvgIpc) is 3.29. The van der Waals surface area contributed by atoms with Crippen LogP contribution in [0.2, 0.25) is 0 Å². The second-order valence-electron chi connectivity index (χ2n) is 16.7. The Balaban J connectivity index is 1.17. The number of hydrogen-bond acceptors (Lipinski definition) is 7. The summed E-state index contributed by atoms with van der Waals surface area (Å²) < 4.78 is 5.80. The molecule has 5 aliphatic rings. The van der Waals surface area contributed by atoms with Crippen LogP contribution >= 0.6 is 0 Å². The predicted octanol–water partition coefficient (Wildman–Crippen LogP) is 4.99. The van der Waals surface area contributed by atoms with Crippen LogP contribution in [0.15, 0.2) is 16.8 Å². The van der Waals surface area contributed by atoms with Gasteiger partial charge in [0.1, 0.15) is 11.6 Å². The summed E-state index contributed by atoms with van der Waals surface area (Å²) in [5, 5.41) is 30.9. The quantitative estimate of drug-likeness (QED) is 0.190. The maximum Gasteiger partial charge on any atom is 0.305 e. The summed E-state index contributed by atoms with van der Waals surface area (Å²) in [6.07, 6.45) is 16.6. The number of carbonyl (C=O) groups is 3. The minimum Gasteiger partial charge on any atom is -0.481 e. The van der Waals surface area contributed by atoms with E-state index in [1.165, 1.54) is 5.57 Å². The van der Waals surface area contributed by atoms with Gasteiger partial charge in [0, 0.05) is 18.1 Å². The Morgan fingerprint density at radius 3 is 2.46 bits per heavy atom. The molecule has 10 nitrogen and oxygen atoms in total. The lowest BCUT2D eigenvalue weighted by molar-refractivity contribution is -0.140. The van der Waals surface area contributed by atoms with E-state index in [0.717, 1.165) is 50.7 Å². The van der Waals surface area contributed by atoms with E-state index in [9.17, 15) is 24.6 Å². The maximum atomic E-state index is 13.4. The van der Waals surface area contributed by atoms with Crippen molar-refractivity contribution in [2.24, 2.45) is 45.6 Å². The number of terminal acetylenes is 1. The maximum absolute atomic E-state index is 13.4. The molecule has 0 spiro atoms. The summed E-state index contributed by atoms with van der Waals surface area (Å²) in [6.45, 7) is 12.4. The highest BCUT2D eigenvalue weighted by Crippen LogP contribution is 2.67. The van der Waals surface area contributed by atoms with Crippen molar-refractivity contribution in [3.8, 4) is 12.3 Å². The van der Waals surface area contributed by atoms with E-state index in [0.29, 0.717) is 43.6 Å². The van der Waals surface area contributed by atoms with Crippen molar-refractivity contribution in [3.63, 3.8) is 0 Å². The first kappa shape index (κ1) is 36.4. The van der Waals surface area contributed by atoms with Crippen LogP contribution in [-0.2, 0) is 24.0 Å². The minimum atomic E-state index is -1.00. The standard InChI is InChI=1S/C38H57N3O7/c1-8-38(46)17-13-29-27-10-9-25-19-26(11-15-36(25,6)28(27)12-16-37(29,38)7)41-48-22-31(42)40-33(23(2)3)34(45)39-30(20-32(43)44)24-14-18-47-35(4,5)21-24/h1,19,23-24,27-30,33,46H,9-18,20-22H2,2-7H3,(H,39,45)(H,40,42)(H,43,44)/t24-,27-,28+,29-,30-,33+,36+,37+,38-/m1/s1. The summed E-state index contributed by atoms with van der Waals surface area (Å²) in [6, 6.07) is -1.42. The van der Waals surface area contributed by atoms with Gasteiger partial charge in [-0.1, -0.05) is 44.3 Å². The molecule has 4 N–H and O–H groups in total. The number of oxime groups is 1. The van der Waals surface area contributed by atoms with Gasteiger partial charge in [0.25, 0.3) is 5.91 Å². The molecule has 9 atom stereocenters. The molecule has 1 aliphatic heterocycles. The molecule has 2 amide bonds. The number of carbonyl (C=O) groups excluding carboxylic acids is 2. The zero-order chi connectivity index (χ0) is 35.1. The van der Waals surface area contributed by atoms with E-state index in [-0.39, 0.29) is 35.7 Å². The molecule has 48 heavy (non-hydrogen) atoms. The number of ether oxygens (including phenoxy) is 1. The van der Waals surface area contributed by atoms with Crippen molar-refractivity contribution in [3.05, 3.63) is 11.6 Å². The van der Waals surface area contributed by atoms with Gasteiger partial charge in [-0.25, -0.2) is 0 Å². The molecule has 0 aromatic heterocycles. The highest BCUT2D eigenvalue weighted by Gasteiger charge is 2.63. The number of nitrogens with one attached hydrogen (secondary N) is 2. The molecule has 0 bridgehead atoms. The summed E-state index contributed by atoms with van der Waals surface area (Å²) in [7, 11) is 0. The number of allylic oxidation sites excluding steroid dienone is 2. The normalized spacial score (nSPS) is 37.6. The topological polar surface area (TPSA) is 147 Å². The van der Waals surface area contributed by atoms with Crippen LogP contribution in [0.1, 0.15) is 112 Å². The highest BCUT2D eigenvalue weighted by atomic mass is 16.6. The van der Waals surface area contributed by atoms with Crippen LogP contribution in [-0.4, -0.2) is 70.2 Å². The summed E-state index contributed by atoms with van der Waals surface area (Å²) in [5.74, 6) is 2.19. The van der Waals surface area contributed by atoms with Gasteiger partial charge in [0.15, 0.2) is 6.61 Å². The van der Waals surface area contributed by atoms with Crippen molar-refractivity contribution in [2.75, 3.05) is 13.2 Å². The third-order valence-electron chi connectivity index (χ3n) is 13.0. The minimum absolute atomic E-state index is 0.0486. The van der Waals surface area contributed by atoms with E-state index < -0.39 is 41.1 Å². The molecule has 0 aromatic rings. The number of rotatable bonds is 10. The fourth-order valence-electron chi connectivity index (χ4n) is 10.2. The Hall–Kier alpha value is -2.90. The summed E-state index contributed by atoms with van der Waals surface area (Å²) >= 11 is 0. The van der Waals surface area contributed by atoms with E-state index in [4.69, 9.17) is 16.0 Å². The van der Waals surface area contributed by atoms with Crippen LogP contribution in [0, 0.1) is 52.8 Å². The van der Waals surface area contributed by atoms with Crippen molar-refractivity contribution < 1.29 is 34.2 Å². The predicted molar refractivity (Wildman–Crippen MR) is 183 cm³/mol. The molecule has 5 rings (SSSR count). The average molecular weight is 668 g/mol. The van der Waals surface area contributed by atoms with Gasteiger partial charge >= 0.3 is 5.97 Å². The SMILES string of the molecule is C#C[C@@]1(O)CC[C@@H]2[C@@H]3CCC4=CC(=NOCC(=O)N[C@H](C(=O)N[C@H](CC(=O)O)[C@@H]5CCOC(C)(C)C5)C(C)C)CC[C@]4(C)[C@H]3CC[C@@]21C. The van der Waals surface area contributed by atoms with Crippen molar-refractivity contribution in [2.45, 2.75) is 135 Å². The molecule has 4 aliphatic carbocycles. The van der Waals surface area contributed by atoms with E-state index in [1.807, 2.05) is 27.7 Å². The Bertz CT molecular complexity index is 1370. The molecule has 266 valence electrons. The number of carboxylic acids is 1. The summed E-state index contributed by atoms with van der Waals surface area (Å²) in [4.78, 5) is 43.5. The molecule has 0 radical (unpaired) electrons. The molecular weight excluding hydrogens is 610 g/mol. The number of nitrogens with zero attached hydrogens (tertiary/aromatic N) is 1. The number of fused-ring (bicyclic) bond motifs is 5. The van der Waals surface area contributed by atoms with Gasteiger partial charge in [0.2, 0.25) is 5.91 Å². The van der Waals surface area contributed by atoms with Gasteiger partial charge < -0.3 is 30.4 Å². The molecule has 1 saturated heterocycles. The number of aliphatic hydroxyl groups is 1. The van der Waals surface area contributed by atoms with Crippen molar-refractivity contribution in [1.29, 1.82) is 0 Å². The first-order valence-corrected chi connectivity index (χ1v) is 18.1.